The molecular weight excluding hydrogens is 264 g/mol. The van der Waals surface area contributed by atoms with Gasteiger partial charge in [0.2, 0.25) is 0 Å². The quantitative estimate of drug-likeness (QED) is 0.855. The second kappa shape index (κ2) is 6.92. The third-order valence-electron chi connectivity index (χ3n) is 3.34. The van der Waals surface area contributed by atoms with E-state index in [1.807, 2.05) is 49.9 Å². The maximum absolute atomic E-state index is 12.3. The van der Waals surface area contributed by atoms with E-state index in [1.54, 1.807) is 6.20 Å². The molecule has 21 heavy (non-hydrogen) atoms. The average Bonchev–Trinajstić information content (AvgIpc) is 2.85. The number of benzene rings is 1. The molecule has 0 atom stereocenters. The van der Waals surface area contributed by atoms with Crippen molar-refractivity contribution in [3.05, 3.63) is 47.5 Å². The second-order valence-electron chi connectivity index (χ2n) is 5.04. The third kappa shape index (κ3) is 3.84. The average molecular weight is 286 g/mol. The van der Waals surface area contributed by atoms with Crippen LogP contribution in [0.4, 0.5) is 5.69 Å². The first-order chi connectivity index (χ1) is 10.1. The monoisotopic (exact) mass is 286 g/mol. The summed E-state index contributed by atoms with van der Waals surface area (Å²) in [6.45, 7) is 5.40. The highest BCUT2D eigenvalue weighted by atomic mass is 16.1. The van der Waals surface area contributed by atoms with Crippen molar-refractivity contribution in [3.8, 4) is 0 Å². The summed E-state index contributed by atoms with van der Waals surface area (Å²) in [6, 6.07) is 5.81. The zero-order valence-corrected chi connectivity index (χ0v) is 12.8. The molecule has 0 spiro atoms. The minimum atomic E-state index is -0.0554. The zero-order valence-electron chi connectivity index (χ0n) is 12.8. The highest BCUT2D eigenvalue weighted by Gasteiger charge is 2.11. The summed E-state index contributed by atoms with van der Waals surface area (Å²) in [6.07, 6.45) is 4.39. The summed E-state index contributed by atoms with van der Waals surface area (Å²) in [5, 5.41) is 6.18. The van der Waals surface area contributed by atoms with E-state index >= 15 is 0 Å². The number of hydrogen-bond acceptors (Lipinski definition) is 3. The van der Waals surface area contributed by atoms with E-state index < -0.39 is 0 Å². The molecule has 1 amide bonds. The first kappa shape index (κ1) is 15.1. The van der Waals surface area contributed by atoms with Crippen molar-refractivity contribution < 1.29 is 4.79 Å². The fraction of sp³-hybridized carbons (Fsp3) is 0.375. The van der Waals surface area contributed by atoms with Gasteiger partial charge in [-0.3, -0.25) is 4.79 Å². The van der Waals surface area contributed by atoms with Crippen LogP contribution in [0.3, 0.4) is 0 Å². The van der Waals surface area contributed by atoms with Gasteiger partial charge in [-0.2, -0.15) is 0 Å². The minimum absolute atomic E-state index is 0.0554. The molecule has 2 rings (SSSR count). The summed E-state index contributed by atoms with van der Waals surface area (Å²) >= 11 is 0. The Bertz CT molecular complexity index is 618. The maximum atomic E-state index is 12.3. The van der Waals surface area contributed by atoms with E-state index in [1.165, 1.54) is 0 Å². The Morgan fingerprint density at radius 2 is 2.19 bits per heavy atom. The zero-order chi connectivity index (χ0) is 15.2. The van der Waals surface area contributed by atoms with Crippen LogP contribution in [0.25, 0.3) is 0 Å². The van der Waals surface area contributed by atoms with Crippen molar-refractivity contribution in [1.82, 2.24) is 14.9 Å². The van der Waals surface area contributed by atoms with E-state index in [4.69, 9.17) is 0 Å². The summed E-state index contributed by atoms with van der Waals surface area (Å²) in [5.74, 6) is 0.909. The van der Waals surface area contributed by atoms with E-state index in [2.05, 4.69) is 15.6 Å². The molecule has 0 bridgehead atoms. The molecule has 0 fully saturated rings. The van der Waals surface area contributed by atoms with Crippen molar-refractivity contribution in [2.24, 2.45) is 7.05 Å². The molecule has 0 aliphatic rings. The standard InChI is InChI=1S/C16H22N4O/c1-4-17-14-11-12(2)5-6-13(14)16(21)19-8-7-15-18-9-10-20(15)3/h5-6,9-11,17H,4,7-8H2,1-3H3,(H,19,21). The Kier molecular flexibility index (Phi) is 4.98. The number of anilines is 1. The number of carbonyl (C=O) groups excluding carboxylic acids is 1. The molecule has 0 unspecified atom stereocenters. The molecule has 0 saturated carbocycles. The second-order valence-corrected chi connectivity index (χ2v) is 5.04. The van der Waals surface area contributed by atoms with E-state index in [0.717, 1.165) is 30.0 Å². The molecule has 1 heterocycles. The predicted octanol–water partition coefficient (Wildman–Crippen LogP) is 2.13. The van der Waals surface area contributed by atoms with Gasteiger partial charge < -0.3 is 15.2 Å². The molecule has 5 heteroatoms. The van der Waals surface area contributed by atoms with Crippen molar-refractivity contribution in [2.75, 3.05) is 18.4 Å². The van der Waals surface area contributed by atoms with Gasteiger partial charge in [-0.05, 0) is 31.5 Å². The topological polar surface area (TPSA) is 59.0 Å². The smallest absolute Gasteiger partial charge is 0.253 e. The van der Waals surface area contributed by atoms with Gasteiger partial charge in [0.1, 0.15) is 5.82 Å². The number of carbonyl (C=O) groups is 1. The van der Waals surface area contributed by atoms with Crippen LogP contribution in [-0.2, 0) is 13.5 Å². The summed E-state index contributed by atoms with van der Waals surface area (Å²) in [5.41, 5.74) is 2.70. The van der Waals surface area contributed by atoms with E-state index in [0.29, 0.717) is 12.1 Å². The van der Waals surface area contributed by atoms with E-state index in [-0.39, 0.29) is 5.91 Å². The van der Waals surface area contributed by atoms with Crippen LogP contribution in [-0.4, -0.2) is 28.5 Å². The fourth-order valence-corrected chi connectivity index (χ4v) is 2.21. The van der Waals surface area contributed by atoms with Gasteiger partial charge >= 0.3 is 0 Å². The molecule has 0 aliphatic carbocycles. The lowest BCUT2D eigenvalue weighted by Gasteiger charge is -2.12. The summed E-state index contributed by atoms with van der Waals surface area (Å²) in [7, 11) is 1.95. The number of imidazole rings is 1. The molecule has 2 aromatic rings. The molecule has 0 radical (unpaired) electrons. The van der Waals surface area contributed by atoms with Gasteiger partial charge in [0.25, 0.3) is 5.91 Å². The van der Waals surface area contributed by atoms with Gasteiger partial charge in [-0.15, -0.1) is 0 Å². The minimum Gasteiger partial charge on any atom is -0.385 e. The number of aromatic nitrogens is 2. The molecule has 2 N–H and O–H groups in total. The highest BCUT2D eigenvalue weighted by molar-refractivity contribution is 5.99. The molecule has 5 nitrogen and oxygen atoms in total. The summed E-state index contributed by atoms with van der Waals surface area (Å²) < 4.78 is 1.96. The van der Waals surface area contributed by atoms with Crippen molar-refractivity contribution in [3.63, 3.8) is 0 Å². The summed E-state index contributed by atoms with van der Waals surface area (Å²) in [4.78, 5) is 16.5. The molecular formula is C16H22N4O. The van der Waals surface area contributed by atoms with Crippen molar-refractivity contribution >= 4 is 11.6 Å². The Labute approximate surface area is 125 Å². The van der Waals surface area contributed by atoms with Gasteiger partial charge in [-0.1, -0.05) is 6.07 Å². The SMILES string of the molecule is CCNc1cc(C)ccc1C(=O)NCCc1nccn1C. The molecule has 112 valence electrons. The first-order valence-corrected chi connectivity index (χ1v) is 7.20. The predicted molar refractivity (Wildman–Crippen MR) is 84.6 cm³/mol. The Hall–Kier alpha value is -2.30. The lowest BCUT2D eigenvalue weighted by atomic mass is 10.1. The largest absolute Gasteiger partial charge is 0.385 e. The number of hydrogen-bond donors (Lipinski definition) is 2. The van der Waals surface area contributed by atoms with Gasteiger partial charge in [-0.25, -0.2) is 4.98 Å². The van der Waals surface area contributed by atoms with Crippen molar-refractivity contribution in [1.29, 1.82) is 0 Å². The van der Waals surface area contributed by atoms with Crippen LogP contribution in [0.1, 0.15) is 28.7 Å². The van der Waals surface area contributed by atoms with Crippen LogP contribution in [0.15, 0.2) is 30.6 Å². The molecule has 1 aromatic carbocycles. The fourth-order valence-electron chi connectivity index (χ4n) is 2.21. The normalized spacial score (nSPS) is 10.4. The van der Waals surface area contributed by atoms with Crippen LogP contribution in [0, 0.1) is 6.92 Å². The number of rotatable bonds is 6. The van der Waals surface area contributed by atoms with Crippen LogP contribution >= 0.6 is 0 Å². The third-order valence-corrected chi connectivity index (χ3v) is 3.34. The molecule has 1 aromatic heterocycles. The molecule has 0 aliphatic heterocycles. The number of aryl methyl sites for hydroxylation is 2. The number of amides is 1. The highest BCUT2D eigenvalue weighted by Crippen LogP contribution is 2.17. The van der Waals surface area contributed by atoms with Gasteiger partial charge in [0, 0.05) is 44.6 Å². The van der Waals surface area contributed by atoms with Gasteiger partial charge in [0.15, 0.2) is 0 Å². The Morgan fingerprint density at radius 1 is 1.38 bits per heavy atom. The Morgan fingerprint density at radius 3 is 2.86 bits per heavy atom. The van der Waals surface area contributed by atoms with Crippen LogP contribution in [0.2, 0.25) is 0 Å². The molecule has 0 saturated heterocycles. The van der Waals surface area contributed by atoms with Crippen molar-refractivity contribution in [2.45, 2.75) is 20.3 Å². The number of nitrogens with zero attached hydrogens (tertiary/aromatic N) is 2. The van der Waals surface area contributed by atoms with Gasteiger partial charge in [0.05, 0.1) is 5.56 Å². The first-order valence-electron chi connectivity index (χ1n) is 7.20. The maximum Gasteiger partial charge on any atom is 0.253 e. The Balaban J connectivity index is 1.98. The van der Waals surface area contributed by atoms with Crippen LogP contribution < -0.4 is 10.6 Å². The lowest BCUT2D eigenvalue weighted by Crippen LogP contribution is -2.27. The lowest BCUT2D eigenvalue weighted by molar-refractivity contribution is 0.0954. The van der Waals surface area contributed by atoms with E-state index in [9.17, 15) is 4.79 Å². The van der Waals surface area contributed by atoms with Crippen LogP contribution in [0.5, 0.6) is 0 Å². The number of nitrogens with one attached hydrogen (secondary N) is 2.